The number of rotatable bonds is 17. The Kier molecular flexibility index (Phi) is 16.4. The Morgan fingerprint density at radius 1 is 0.333 bits per heavy atom. The molecule has 518 valence electrons. The summed E-state index contributed by atoms with van der Waals surface area (Å²) in [6.07, 6.45) is 17.8. The Bertz CT molecular complexity index is 5910. The minimum atomic E-state index is -0.645. The van der Waals surface area contributed by atoms with E-state index in [0.29, 0.717) is 11.2 Å². The summed E-state index contributed by atoms with van der Waals surface area (Å²) in [5.74, 6) is 0.541. The van der Waals surface area contributed by atoms with E-state index < -0.39 is 10.8 Å². The first-order valence-corrected chi connectivity index (χ1v) is 40.0. The minimum Gasteiger partial charge on any atom is -0.311 e. The van der Waals surface area contributed by atoms with Crippen LogP contribution in [0.15, 0.2) is 408 Å². The Balaban J connectivity index is 0.657. The van der Waals surface area contributed by atoms with Crippen molar-refractivity contribution < 1.29 is 0 Å². The van der Waals surface area contributed by atoms with Gasteiger partial charge < -0.3 is 9.80 Å². The second-order valence-electron chi connectivity index (χ2n) is 30.3. The fraction of sp³-hybridized carbons (Fsp3) is 0.115. The molecule has 0 radical (unpaired) electrons. The predicted molar refractivity (Wildman–Crippen MR) is 453 cm³/mol. The number of aryl methyl sites for hydroxylation is 2. The van der Waals surface area contributed by atoms with Crippen molar-refractivity contribution in [2.45, 2.75) is 82.1 Å². The number of thioether (sulfide) groups is 1. The third-order valence-corrected chi connectivity index (χ3v) is 26.7. The monoisotopic (exact) mass is 1420 g/mol. The first kappa shape index (κ1) is 65.8. The van der Waals surface area contributed by atoms with Gasteiger partial charge in [-0.2, -0.15) is 0 Å². The van der Waals surface area contributed by atoms with Crippen molar-refractivity contribution in [2.75, 3.05) is 9.80 Å². The van der Waals surface area contributed by atoms with Crippen LogP contribution in [0.1, 0.15) is 94.3 Å². The van der Waals surface area contributed by atoms with Crippen molar-refractivity contribution in [3.05, 3.63) is 454 Å². The molecule has 0 N–H and O–H groups in total. The highest BCUT2D eigenvalue weighted by molar-refractivity contribution is 8.00. The predicted octanol–water partition coefficient (Wildman–Crippen LogP) is 27.2. The second-order valence-corrected chi connectivity index (χ2v) is 32.7. The maximum absolute atomic E-state index is 2.51. The summed E-state index contributed by atoms with van der Waals surface area (Å²) in [4.78, 5) is 8.77. The molecule has 3 unspecified atom stereocenters. The summed E-state index contributed by atoms with van der Waals surface area (Å²) < 4.78 is 0. The van der Waals surface area contributed by atoms with E-state index in [1.807, 2.05) is 23.5 Å². The van der Waals surface area contributed by atoms with Crippen LogP contribution < -0.4 is 9.80 Å². The van der Waals surface area contributed by atoms with Gasteiger partial charge in [-0.3, -0.25) is 0 Å². The molecule has 6 aliphatic carbocycles. The molecular weight excluding hydrogens is 1340 g/mol. The number of anilines is 5. The summed E-state index contributed by atoms with van der Waals surface area (Å²) in [6.45, 7) is 4.83. The number of benzene rings is 14. The molecule has 20 rings (SSSR count). The van der Waals surface area contributed by atoms with Gasteiger partial charge in [-0.15, -0.1) is 11.8 Å². The highest BCUT2D eigenvalue weighted by Gasteiger charge is 2.49. The Hall–Kier alpha value is -11.7. The van der Waals surface area contributed by atoms with Gasteiger partial charge in [-0.1, -0.05) is 292 Å². The van der Waals surface area contributed by atoms with Crippen molar-refractivity contribution in [3.63, 3.8) is 0 Å². The zero-order valence-corrected chi connectivity index (χ0v) is 62.3. The number of para-hydroxylation sites is 2. The molecule has 0 aliphatic heterocycles. The Labute approximate surface area is 643 Å². The largest absolute Gasteiger partial charge is 0.311 e. The maximum atomic E-state index is 2.51. The van der Waals surface area contributed by atoms with Gasteiger partial charge in [0.25, 0.3) is 0 Å². The van der Waals surface area contributed by atoms with Crippen LogP contribution in [0.2, 0.25) is 0 Å². The molecular formula is C104H80N2S2. The third kappa shape index (κ3) is 11.1. The van der Waals surface area contributed by atoms with Crippen LogP contribution in [-0.2, 0) is 29.1 Å². The van der Waals surface area contributed by atoms with Gasteiger partial charge in [-0.05, 0) is 265 Å². The van der Waals surface area contributed by atoms with Crippen LogP contribution in [-0.4, -0.2) is 5.25 Å². The van der Waals surface area contributed by atoms with E-state index in [1.165, 1.54) is 146 Å². The van der Waals surface area contributed by atoms with Crippen molar-refractivity contribution in [3.8, 4) is 44.5 Å². The van der Waals surface area contributed by atoms with Crippen molar-refractivity contribution in [1.29, 1.82) is 0 Å². The van der Waals surface area contributed by atoms with E-state index in [0.717, 1.165) is 40.6 Å². The molecule has 0 spiro atoms. The first-order valence-electron chi connectivity index (χ1n) is 38.3. The fourth-order valence-electron chi connectivity index (χ4n) is 18.5. The van der Waals surface area contributed by atoms with Crippen LogP contribution in [0.3, 0.4) is 0 Å². The summed E-state index contributed by atoms with van der Waals surface area (Å²) in [7, 11) is 0. The van der Waals surface area contributed by atoms with Gasteiger partial charge in [0.05, 0.1) is 10.8 Å². The van der Waals surface area contributed by atoms with Crippen molar-refractivity contribution in [2.24, 2.45) is 5.92 Å². The van der Waals surface area contributed by atoms with Crippen LogP contribution >= 0.6 is 23.5 Å². The van der Waals surface area contributed by atoms with Crippen LogP contribution in [0.5, 0.6) is 0 Å². The molecule has 14 aromatic carbocycles. The molecule has 0 bridgehead atoms. The number of hydrogen-bond acceptors (Lipinski definition) is 4. The molecule has 0 saturated carbocycles. The van der Waals surface area contributed by atoms with Gasteiger partial charge in [0.1, 0.15) is 0 Å². The van der Waals surface area contributed by atoms with Crippen LogP contribution in [0.25, 0.3) is 44.5 Å². The number of nitrogens with zero attached hydrogens (tertiary/aromatic N) is 2. The van der Waals surface area contributed by atoms with E-state index in [2.05, 4.69) is 400 Å². The van der Waals surface area contributed by atoms with Gasteiger partial charge in [0.2, 0.25) is 0 Å². The highest BCUT2D eigenvalue weighted by atomic mass is 32.2. The van der Waals surface area contributed by atoms with Crippen molar-refractivity contribution >= 4 is 52.0 Å². The quantitative estimate of drug-likeness (QED) is 0.0896. The number of fused-ring (bicyclic) bond motifs is 7. The van der Waals surface area contributed by atoms with E-state index in [1.54, 1.807) is 11.1 Å². The maximum Gasteiger partial charge on any atom is 0.0714 e. The molecule has 14 aromatic rings. The minimum absolute atomic E-state index is 0.295. The zero-order chi connectivity index (χ0) is 71.9. The van der Waals surface area contributed by atoms with E-state index in [9.17, 15) is 0 Å². The normalized spacial score (nSPS) is 19.5. The molecule has 4 heteroatoms. The molecule has 2 nitrogen and oxygen atoms in total. The summed E-state index contributed by atoms with van der Waals surface area (Å²) in [5, 5.41) is 0.416. The van der Waals surface area contributed by atoms with Crippen LogP contribution in [0.4, 0.5) is 28.4 Å². The molecule has 0 saturated heterocycles. The van der Waals surface area contributed by atoms with Crippen LogP contribution in [0, 0.1) is 5.92 Å². The molecule has 0 amide bonds. The molecule has 108 heavy (non-hydrogen) atoms. The highest BCUT2D eigenvalue weighted by Crippen LogP contribution is 2.61. The lowest BCUT2D eigenvalue weighted by molar-refractivity contribution is 0.595. The Morgan fingerprint density at radius 2 is 0.769 bits per heavy atom. The average molecular weight is 1420 g/mol. The van der Waals surface area contributed by atoms with E-state index >= 15 is 0 Å². The fourth-order valence-corrected chi connectivity index (χ4v) is 20.6. The van der Waals surface area contributed by atoms with Gasteiger partial charge in [-0.25, -0.2) is 0 Å². The second kappa shape index (κ2) is 27.0. The first-order chi connectivity index (χ1) is 53.2. The summed E-state index contributed by atoms with van der Waals surface area (Å²) >= 11 is 3.86. The zero-order valence-electron chi connectivity index (χ0n) is 60.7. The smallest absolute Gasteiger partial charge is 0.0714 e. The van der Waals surface area contributed by atoms with Gasteiger partial charge in [0.15, 0.2) is 0 Å². The topological polar surface area (TPSA) is 6.48 Å². The van der Waals surface area contributed by atoms with Crippen molar-refractivity contribution in [1.82, 2.24) is 0 Å². The van der Waals surface area contributed by atoms with E-state index in [-0.39, 0.29) is 5.41 Å². The van der Waals surface area contributed by atoms with Gasteiger partial charge >= 0.3 is 0 Å². The third-order valence-electron chi connectivity index (χ3n) is 24.3. The molecule has 5 atom stereocenters. The molecule has 0 aromatic heterocycles. The summed E-state index contributed by atoms with van der Waals surface area (Å²) in [6, 6.07) is 131. The number of allylic oxidation sites excluding steroid dienone is 6. The number of hydrogen-bond donors (Lipinski definition) is 0. The van der Waals surface area contributed by atoms with E-state index in [4.69, 9.17) is 0 Å². The Morgan fingerprint density at radius 3 is 1.26 bits per heavy atom. The lowest BCUT2D eigenvalue weighted by atomic mass is 9.67. The summed E-state index contributed by atoms with van der Waals surface area (Å²) in [5.41, 5.74) is 32.5. The SMILES string of the molecule is CC1C2=C(C=CC1Sc1ccc([C@@]3(c4ccccc4)c4cc(-c5ccccc5)ccc4-c4ccc(N(c5ccccc5)c5ccc(C6(C)C=CC(N(c7ccccc7)c7ccc8c(c7)[C@](c7ccccc7)(c7ccc(Sc9ccc%10c(c9)CC%10)cc7)c7cc(-c9ccccc9)ccc7-8)=CC6)cc5)cc43)cc1)CC2. The standard InChI is InChI=1S/C104H80N2S2/c1-70-92-55-36-74(92)39-60-101(70)108-90-53-44-82(45-54-90)104(80-27-15-6-16-28-80)98-67-77(72-23-11-4-12-24-72)37-56-93(98)95-58-48-87(68-99(95)104)105(83-29-17-7-18-30-83)85-46-40-78(41-47-85)102(2)63-61-86(62-64-102)106(84-31-19-8-20-32-84)88-49-59-96-94-57-38-76(71-21-9-3-10-22-71)66-97(94)103(100(96)69-88,79-25-13-5-14-26-79)81-42-51-89(52-43-81)107-91-50-35-73-33-34-75(73)65-91/h3-32,35,37-54,56-63,65-70,101H,33-34,36,55,64H2,1-2H3/t70?,101?,102?,103-,104+/m1/s1. The molecule has 0 heterocycles. The molecule has 6 aliphatic rings. The lowest BCUT2D eigenvalue weighted by Crippen LogP contribution is -2.29. The lowest BCUT2D eigenvalue weighted by Gasteiger charge is -2.36. The molecule has 0 fully saturated rings. The average Bonchev–Trinajstić information content (AvgIpc) is 1.54. The van der Waals surface area contributed by atoms with Gasteiger partial charge in [0, 0.05) is 59.5 Å².